The highest BCUT2D eigenvalue weighted by atomic mass is 79.9. The lowest BCUT2D eigenvalue weighted by Crippen LogP contribution is -2.04. The predicted molar refractivity (Wildman–Crippen MR) is 75.7 cm³/mol. The van der Waals surface area contributed by atoms with Crippen LogP contribution in [0.2, 0.25) is 0 Å². The summed E-state index contributed by atoms with van der Waals surface area (Å²) in [6.07, 6.45) is 2.15. The first-order valence-electron chi connectivity index (χ1n) is 5.93. The van der Waals surface area contributed by atoms with Gasteiger partial charge < -0.3 is 14.3 Å². The summed E-state index contributed by atoms with van der Waals surface area (Å²) >= 11 is 3.55. The van der Waals surface area contributed by atoms with E-state index in [9.17, 15) is 4.79 Å². The smallest absolute Gasteiger partial charge is 0.164 e. The molecule has 0 aliphatic rings. The molecule has 0 aliphatic carbocycles. The third-order valence-corrected chi connectivity index (χ3v) is 3.56. The van der Waals surface area contributed by atoms with Gasteiger partial charge in [0.15, 0.2) is 11.5 Å². The van der Waals surface area contributed by atoms with Crippen LogP contribution < -0.4 is 9.47 Å². The van der Waals surface area contributed by atoms with Gasteiger partial charge in [0.05, 0.1) is 14.2 Å². The Balaban J connectivity index is 3.43. The van der Waals surface area contributed by atoms with Crippen LogP contribution in [0, 0.1) is 0 Å². The Hall–Kier alpha value is -1.03. The molecule has 0 atom stereocenters. The molecular weight excluding hydrogens is 296 g/mol. The van der Waals surface area contributed by atoms with E-state index in [0.717, 1.165) is 27.6 Å². The van der Waals surface area contributed by atoms with Gasteiger partial charge in [-0.1, -0.05) is 29.8 Å². The first-order valence-corrected chi connectivity index (χ1v) is 6.72. The second-order valence-electron chi connectivity index (χ2n) is 4.35. The molecular formula is C14H19BrO3. The van der Waals surface area contributed by atoms with Gasteiger partial charge in [0.25, 0.3) is 0 Å². The number of methoxy groups -OCH3 is 2. The minimum absolute atomic E-state index is 0.299. The normalized spacial score (nSPS) is 10.6. The van der Waals surface area contributed by atoms with Crippen molar-refractivity contribution >= 4 is 22.2 Å². The number of rotatable bonds is 6. The molecule has 18 heavy (non-hydrogen) atoms. The van der Waals surface area contributed by atoms with Crippen LogP contribution in [0.25, 0.3) is 0 Å². The van der Waals surface area contributed by atoms with Gasteiger partial charge in [-0.2, -0.15) is 0 Å². The van der Waals surface area contributed by atoms with E-state index in [1.54, 1.807) is 14.2 Å². The maximum Gasteiger partial charge on any atom is 0.164 e. The lowest BCUT2D eigenvalue weighted by molar-refractivity contribution is -0.107. The van der Waals surface area contributed by atoms with Crippen molar-refractivity contribution in [1.82, 2.24) is 0 Å². The highest BCUT2D eigenvalue weighted by Gasteiger charge is 2.20. The number of aldehydes is 1. The molecule has 0 saturated carbocycles. The summed E-state index contributed by atoms with van der Waals surface area (Å²) < 4.78 is 11.8. The van der Waals surface area contributed by atoms with Gasteiger partial charge in [0.1, 0.15) is 6.29 Å². The Morgan fingerprint density at radius 3 is 2.44 bits per heavy atom. The Bertz CT molecular complexity index is 428. The predicted octanol–water partition coefficient (Wildman–Crippen LogP) is 3.72. The molecule has 0 heterocycles. The van der Waals surface area contributed by atoms with Crippen molar-refractivity contribution in [1.29, 1.82) is 0 Å². The van der Waals surface area contributed by atoms with E-state index >= 15 is 0 Å². The van der Waals surface area contributed by atoms with Crippen LogP contribution >= 0.6 is 15.9 Å². The number of benzene rings is 1. The number of carbonyl (C=O) groups is 1. The van der Waals surface area contributed by atoms with E-state index in [0.29, 0.717) is 24.5 Å². The molecule has 1 rings (SSSR count). The summed E-state index contributed by atoms with van der Waals surface area (Å²) in [6.45, 7) is 4.21. The van der Waals surface area contributed by atoms with E-state index < -0.39 is 0 Å². The van der Waals surface area contributed by atoms with Crippen molar-refractivity contribution in [2.75, 3.05) is 14.2 Å². The second-order valence-corrected chi connectivity index (χ2v) is 5.20. The number of hydrogen-bond acceptors (Lipinski definition) is 3. The maximum absolute atomic E-state index is 10.6. The Labute approximate surface area is 117 Å². The molecule has 0 N–H and O–H groups in total. The zero-order valence-corrected chi connectivity index (χ0v) is 12.8. The van der Waals surface area contributed by atoms with Crippen LogP contribution in [0.1, 0.15) is 37.3 Å². The molecule has 0 amide bonds. The van der Waals surface area contributed by atoms with Gasteiger partial charge in [0.2, 0.25) is 0 Å². The van der Waals surface area contributed by atoms with Gasteiger partial charge in [-0.05, 0) is 24.0 Å². The highest BCUT2D eigenvalue weighted by Crippen LogP contribution is 2.42. The quantitative estimate of drug-likeness (QED) is 0.751. The molecule has 0 radical (unpaired) electrons. The van der Waals surface area contributed by atoms with Gasteiger partial charge in [0, 0.05) is 16.5 Å². The first kappa shape index (κ1) is 15.0. The average Bonchev–Trinajstić information content (AvgIpc) is 2.35. The van der Waals surface area contributed by atoms with E-state index in [-0.39, 0.29) is 0 Å². The van der Waals surface area contributed by atoms with Crippen molar-refractivity contribution in [2.24, 2.45) is 0 Å². The number of hydrogen-bond donors (Lipinski definition) is 0. The van der Waals surface area contributed by atoms with Crippen LogP contribution in [0.4, 0.5) is 0 Å². The molecule has 1 aromatic carbocycles. The fourth-order valence-electron chi connectivity index (χ4n) is 2.10. The van der Waals surface area contributed by atoms with Crippen LogP contribution in [-0.4, -0.2) is 20.5 Å². The molecule has 0 aliphatic heterocycles. The molecule has 100 valence electrons. The Morgan fingerprint density at radius 1 is 1.33 bits per heavy atom. The van der Waals surface area contributed by atoms with E-state index in [1.807, 2.05) is 6.07 Å². The third kappa shape index (κ3) is 3.05. The summed E-state index contributed by atoms with van der Waals surface area (Å²) in [5.41, 5.74) is 2.22. The van der Waals surface area contributed by atoms with Crippen LogP contribution in [-0.2, 0) is 11.2 Å². The Morgan fingerprint density at radius 2 is 2.00 bits per heavy atom. The largest absolute Gasteiger partial charge is 0.493 e. The zero-order valence-electron chi connectivity index (χ0n) is 11.2. The molecule has 1 aromatic rings. The van der Waals surface area contributed by atoms with Crippen LogP contribution in [0.3, 0.4) is 0 Å². The summed E-state index contributed by atoms with van der Waals surface area (Å²) in [5.74, 6) is 1.77. The molecule has 0 bridgehead atoms. The minimum atomic E-state index is 0.299. The SMILES string of the molecule is COc1cc(Br)c(CCC=O)c(C(C)C)c1OC. The maximum atomic E-state index is 10.6. The molecule has 0 aromatic heterocycles. The second kappa shape index (κ2) is 6.78. The molecule has 4 heteroatoms. The summed E-state index contributed by atoms with van der Waals surface area (Å²) in [4.78, 5) is 10.6. The number of carbonyl (C=O) groups excluding carboxylic acids is 1. The van der Waals surface area contributed by atoms with Gasteiger partial charge in [-0.15, -0.1) is 0 Å². The summed E-state index contributed by atoms with van der Waals surface area (Å²) in [7, 11) is 3.26. The molecule has 0 unspecified atom stereocenters. The molecule has 3 nitrogen and oxygen atoms in total. The highest BCUT2D eigenvalue weighted by molar-refractivity contribution is 9.10. The first-order chi connectivity index (χ1) is 8.56. The molecule has 0 saturated heterocycles. The van der Waals surface area contributed by atoms with Crippen molar-refractivity contribution in [3.63, 3.8) is 0 Å². The molecule has 0 spiro atoms. The number of ether oxygens (including phenoxy) is 2. The van der Waals surface area contributed by atoms with Crippen LogP contribution in [0.5, 0.6) is 11.5 Å². The monoisotopic (exact) mass is 314 g/mol. The van der Waals surface area contributed by atoms with Crippen molar-refractivity contribution in [3.8, 4) is 11.5 Å². The topological polar surface area (TPSA) is 35.5 Å². The van der Waals surface area contributed by atoms with Gasteiger partial charge in [-0.3, -0.25) is 0 Å². The van der Waals surface area contributed by atoms with Gasteiger partial charge in [-0.25, -0.2) is 0 Å². The third-order valence-electron chi connectivity index (χ3n) is 2.85. The lowest BCUT2D eigenvalue weighted by atomic mass is 9.93. The van der Waals surface area contributed by atoms with E-state index in [1.165, 1.54) is 0 Å². The van der Waals surface area contributed by atoms with Crippen molar-refractivity contribution in [2.45, 2.75) is 32.6 Å². The van der Waals surface area contributed by atoms with Gasteiger partial charge >= 0.3 is 0 Å². The van der Waals surface area contributed by atoms with Crippen molar-refractivity contribution < 1.29 is 14.3 Å². The molecule has 0 fully saturated rings. The lowest BCUT2D eigenvalue weighted by Gasteiger charge is -2.20. The fourth-order valence-corrected chi connectivity index (χ4v) is 2.72. The van der Waals surface area contributed by atoms with Crippen molar-refractivity contribution in [3.05, 3.63) is 21.7 Å². The van der Waals surface area contributed by atoms with E-state index in [2.05, 4.69) is 29.8 Å². The number of halogens is 1. The summed E-state index contributed by atoms with van der Waals surface area (Å²) in [5, 5.41) is 0. The summed E-state index contributed by atoms with van der Waals surface area (Å²) in [6, 6.07) is 1.89. The Kier molecular flexibility index (Phi) is 5.66. The fraction of sp³-hybridized carbons (Fsp3) is 0.500. The van der Waals surface area contributed by atoms with E-state index in [4.69, 9.17) is 9.47 Å². The standard InChI is InChI=1S/C14H19BrO3/c1-9(2)13-10(6-5-7-16)11(15)8-12(17-3)14(13)18-4/h7-9H,5-6H2,1-4H3. The zero-order chi connectivity index (χ0) is 13.7. The average molecular weight is 315 g/mol. The van der Waals surface area contributed by atoms with Crippen LogP contribution in [0.15, 0.2) is 10.5 Å². The minimum Gasteiger partial charge on any atom is -0.493 e.